The van der Waals surface area contributed by atoms with Gasteiger partial charge < -0.3 is 19.7 Å². The van der Waals surface area contributed by atoms with Gasteiger partial charge in [0.05, 0.1) is 26.4 Å². The molecule has 0 atom stereocenters. The average molecular weight is 344 g/mol. The summed E-state index contributed by atoms with van der Waals surface area (Å²) in [6, 6.07) is 19.9. The highest BCUT2D eigenvalue weighted by Gasteiger charge is 2.28. The molecule has 2 aromatic carbocycles. The van der Waals surface area contributed by atoms with Crippen molar-refractivity contribution in [1.29, 1.82) is 0 Å². The first kappa shape index (κ1) is 19.6. The third kappa shape index (κ3) is 6.96. The molecule has 2 aromatic rings. The minimum atomic E-state index is -0.562. The molecule has 0 bridgehead atoms. The molecule has 0 unspecified atom stereocenters. The van der Waals surface area contributed by atoms with Crippen LogP contribution in [0.25, 0.3) is 0 Å². The van der Waals surface area contributed by atoms with E-state index < -0.39 is 5.41 Å². The highest BCUT2D eigenvalue weighted by atomic mass is 16.5. The van der Waals surface area contributed by atoms with Crippen molar-refractivity contribution >= 4 is 0 Å². The molecule has 0 aliphatic heterocycles. The van der Waals surface area contributed by atoms with Crippen LogP contribution in [-0.2, 0) is 22.7 Å². The molecule has 0 aliphatic rings. The number of rotatable bonds is 12. The van der Waals surface area contributed by atoms with Gasteiger partial charge in [-0.05, 0) is 24.0 Å². The third-order valence-electron chi connectivity index (χ3n) is 4.45. The molecule has 0 spiro atoms. The molecule has 2 rings (SSSR count). The Morgan fingerprint density at radius 1 is 0.640 bits per heavy atom. The van der Waals surface area contributed by atoms with Gasteiger partial charge in [-0.2, -0.15) is 0 Å². The maximum atomic E-state index is 9.74. The summed E-state index contributed by atoms with van der Waals surface area (Å²) in [6.45, 7) is 1.92. The topological polar surface area (TPSA) is 58.9 Å². The van der Waals surface area contributed by atoms with Crippen molar-refractivity contribution in [2.45, 2.75) is 26.1 Å². The van der Waals surface area contributed by atoms with E-state index >= 15 is 0 Å². The van der Waals surface area contributed by atoms with Crippen LogP contribution >= 0.6 is 0 Å². The fourth-order valence-electron chi connectivity index (χ4n) is 2.60. The maximum Gasteiger partial charge on any atom is 0.0716 e. The number of hydrogen-bond donors (Lipinski definition) is 2. The van der Waals surface area contributed by atoms with Crippen LogP contribution in [0.3, 0.4) is 0 Å². The molecule has 0 aromatic heterocycles. The highest BCUT2D eigenvalue weighted by Crippen LogP contribution is 2.26. The predicted octanol–water partition coefficient (Wildman–Crippen LogP) is 3.17. The zero-order chi connectivity index (χ0) is 17.8. The van der Waals surface area contributed by atoms with Gasteiger partial charge in [-0.3, -0.25) is 0 Å². The van der Waals surface area contributed by atoms with E-state index in [9.17, 15) is 10.2 Å². The van der Waals surface area contributed by atoms with E-state index in [4.69, 9.17) is 9.47 Å². The second-order valence-corrected chi connectivity index (χ2v) is 6.39. The summed E-state index contributed by atoms with van der Waals surface area (Å²) in [5, 5.41) is 19.5. The Morgan fingerprint density at radius 2 is 1.04 bits per heavy atom. The zero-order valence-corrected chi connectivity index (χ0v) is 14.6. The summed E-state index contributed by atoms with van der Waals surface area (Å²) in [5.41, 5.74) is 1.67. The van der Waals surface area contributed by atoms with Crippen LogP contribution in [0.4, 0.5) is 0 Å². The van der Waals surface area contributed by atoms with Gasteiger partial charge in [0.1, 0.15) is 0 Å². The first-order valence-electron chi connectivity index (χ1n) is 8.73. The molecule has 4 nitrogen and oxygen atoms in total. The number of benzene rings is 2. The molecule has 25 heavy (non-hydrogen) atoms. The summed E-state index contributed by atoms with van der Waals surface area (Å²) in [4.78, 5) is 0. The SMILES string of the molecule is OCC(CO)(CCOCc1ccccc1)CCOCc1ccccc1. The Bertz CT molecular complexity index is 517. The maximum absolute atomic E-state index is 9.74. The minimum Gasteiger partial charge on any atom is -0.396 e. The van der Waals surface area contributed by atoms with Crippen molar-refractivity contribution in [1.82, 2.24) is 0 Å². The van der Waals surface area contributed by atoms with Crippen molar-refractivity contribution in [3.8, 4) is 0 Å². The second-order valence-electron chi connectivity index (χ2n) is 6.39. The van der Waals surface area contributed by atoms with Gasteiger partial charge >= 0.3 is 0 Å². The lowest BCUT2D eigenvalue weighted by atomic mass is 9.83. The minimum absolute atomic E-state index is 0.0765. The van der Waals surface area contributed by atoms with E-state index in [0.29, 0.717) is 39.3 Å². The van der Waals surface area contributed by atoms with Crippen molar-refractivity contribution in [2.75, 3.05) is 26.4 Å². The summed E-state index contributed by atoms with van der Waals surface area (Å²) >= 11 is 0. The molecule has 0 fully saturated rings. The number of aliphatic hydroxyl groups excluding tert-OH is 2. The molecule has 0 saturated heterocycles. The van der Waals surface area contributed by atoms with Crippen LogP contribution in [0, 0.1) is 5.41 Å². The van der Waals surface area contributed by atoms with E-state index in [1.807, 2.05) is 60.7 Å². The van der Waals surface area contributed by atoms with Crippen LogP contribution in [-0.4, -0.2) is 36.6 Å². The summed E-state index contributed by atoms with van der Waals surface area (Å²) in [6.07, 6.45) is 1.20. The van der Waals surface area contributed by atoms with Gasteiger partial charge in [0.2, 0.25) is 0 Å². The van der Waals surface area contributed by atoms with Crippen molar-refractivity contribution in [3.05, 3.63) is 71.8 Å². The van der Waals surface area contributed by atoms with Crippen LogP contribution in [0.2, 0.25) is 0 Å². The highest BCUT2D eigenvalue weighted by molar-refractivity contribution is 5.14. The Balaban J connectivity index is 1.69. The van der Waals surface area contributed by atoms with Gasteiger partial charge in [-0.15, -0.1) is 0 Å². The van der Waals surface area contributed by atoms with E-state index in [0.717, 1.165) is 11.1 Å². The molecule has 136 valence electrons. The van der Waals surface area contributed by atoms with E-state index in [-0.39, 0.29) is 13.2 Å². The molecular weight excluding hydrogens is 316 g/mol. The Kier molecular flexibility index (Phi) is 8.63. The first-order valence-corrected chi connectivity index (χ1v) is 8.73. The monoisotopic (exact) mass is 344 g/mol. The smallest absolute Gasteiger partial charge is 0.0716 e. The zero-order valence-electron chi connectivity index (χ0n) is 14.6. The normalized spacial score (nSPS) is 11.6. The quantitative estimate of drug-likeness (QED) is 0.581. The molecular formula is C21H28O4. The van der Waals surface area contributed by atoms with Crippen LogP contribution < -0.4 is 0 Å². The Hall–Kier alpha value is -1.72. The lowest BCUT2D eigenvalue weighted by molar-refractivity contribution is -0.0148. The lowest BCUT2D eigenvalue weighted by Gasteiger charge is -2.29. The van der Waals surface area contributed by atoms with Crippen LogP contribution in [0.15, 0.2) is 60.7 Å². The number of hydrogen-bond acceptors (Lipinski definition) is 4. The summed E-state index contributed by atoms with van der Waals surface area (Å²) in [5.74, 6) is 0. The lowest BCUT2D eigenvalue weighted by Crippen LogP contribution is -2.33. The van der Waals surface area contributed by atoms with Crippen molar-refractivity contribution < 1.29 is 19.7 Å². The summed E-state index contributed by atoms with van der Waals surface area (Å²) in [7, 11) is 0. The van der Waals surface area contributed by atoms with E-state index in [2.05, 4.69) is 0 Å². The first-order chi connectivity index (χ1) is 12.3. The van der Waals surface area contributed by atoms with Gasteiger partial charge in [-0.25, -0.2) is 0 Å². The molecule has 0 heterocycles. The molecule has 4 heteroatoms. The Morgan fingerprint density at radius 3 is 1.40 bits per heavy atom. The summed E-state index contributed by atoms with van der Waals surface area (Å²) < 4.78 is 11.4. The Labute approximate surface area is 150 Å². The fraction of sp³-hybridized carbons (Fsp3) is 0.429. The van der Waals surface area contributed by atoms with Crippen molar-refractivity contribution in [3.63, 3.8) is 0 Å². The largest absolute Gasteiger partial charge is 0.396 e. The van der Waals surface area contributed by atoms with Gasteiger partial charge in [0, 0.05) is 18.6 Å². The second kappa shape index (κ2) is 11.0. The van der Waals surface area contributed by atoms with Crippen LogP contribution in [0.1, 0.15) is 24.0 Å². The number of ether oxygens (including phenoxy) is 2. The molecule has 0 aliphatic carbocycles. The predicted molar refractivity (Wildman–Crippen MR) is 98.0 cm³/mol. The molecule has 0 radical (unpaired) electrons. The van der Waals surface area contributed by atoms with Crippen LogP contribution in [0.5, 0.6) is 0 Å². The van der Waals surface area contributed by atoms with Gasteiger partial charge in [0.15, 0.2) is 0 Å². The van der Waals surface area contributed by atoms with Crippen molar-refractivity contribution in [2.24, 2.45) is 5.41 Å². The third-order valence-corrected chi connectivity index (χ3v) is 4.45. The van der Waals surface area contributed by atoms with E-state index in [1.54, 1.807) is 0 Å². The van der Waals surface area contributed by atoms with Gasteiger partial charge in [-0.1, -0.05) is 60.7 Å². The average Bonchev–Trinajstić information content (AvgIpc) is 2.69. The molecule has 2 N–H and O–H groups in total. The number of aliphatic hydroxyl groups is 2. The standard InChI is InChI=1S/C21H28O4/c22-17-21(18-23,11-13-24-15-19-7-3-1-4-8-19)12-14-25-16-20-9-5-2-6-10-20/h1-10,22-23H,11-18H2. The fourth-order valence-corrected chi connectivity index (χ4v) is 2.60. The molecule has 0 saturated carbocycles. The van der Waals surface area contributed by atoms with E-state index in [1.165, 1.54) is 0 Å². The van der Waals surface area contributed by atoms with Gasteiger partial charge in [0.25, 0.3) is 0 Å². The molecule has 0 amide bonds.